The third kappa shape index (κ3) is 3.43. The van der Waals surface area contributed by atoms with Gasteiger partial charge in [0.1, 0.15) is 4.83 Å². The van der Waals surface area contributed by atoms with Crippen LogP contribution in [0.1, 0.15) is 22.4 Å². The molecule has 3 aromatic rings. The Labute approximate surface area is 165 Å². The highest BCUT2D eigenvalue weighted by Crippen LogP contribution is 2.35. The second-order valence-electron chi connectivity index (χ2n) is 6.30. The van der Waals surface area contributed by atoms with E-state index in [-0.39, 0.29) is 5.56 Å². The normalized spacial score (nSPS) is 13.5. The minimum atomic E-state index is 0.0741. The highest BCUT2D eigenvalue weighted by Gasteiger charge is 2.23. The Morgan fingerprint density at radius 2 is 2.12 bits per heavy atom. The number of aromatic nitrogens is 2. The van der Waals surface area contributed by atoms with Crippen molar-refractivity contribution >= 4 is 44.9 Å². The van der Waals surface area contributed by atoms with E-state index in [2.05, 4.69) is 0 Å². The van der Waals surface area contributed by atoms with Crippen LogP contribution >= 0.6 is 34.7 Å². The van der Waals surface area contributed by atoms with Gasteiger partial charge in [0.2, 0.25) is 0 Å². The maximum atomic E-state index is 13.2. The first-order chi connectivity index (χ1) is 12.7. The number of halogens is 1. The van der Waals surface area contributed by atoms with Crippen LogP contribution in [0.15, 0.2) is 34.2 Å². The predicted octanol–water partition coefficient (Wildman–Crippen LogP) is 4.54. The van der Waals surface area contributed by atoms with E-state index in [1.807, 2.05) is 24.3 Å². The molecule has 0 N–H and O–H groups in total. The maximum absolute atomic E-state index is 13.2. The number of thiophene rings is 1. The number of methoxy groups -OCH3 is 1. The standard InChI is InChI=1S/C19H19ClN2O2S2/c1-24-10-9-22-18(23)16-14-3-2-4-15(14)26-17(16)21-19(22)25-11-12-5-7-13(20)8-6-12/h5-8H,2-4,9-11H2,1H3. The van der Waals surface area contributed by atoms with Crippen molar-refractivity contribution in [1.29, 1.82) is 0 Å². The summed E-state index contributed by atoms with van der Waals surface area (Å²) in [5.41, 5.74) is 2.45. The molecule has 4 nitrogen and oxygen atoms in total. The summed E-state index contributed by atoms with van der Waals surface area (Å²) in [6.07, 6.45) is 3.20. The second-order valence-corrected chi connectivity index (χ2v) is 8.76. The zero-order valence-corrected chi connectivity index (χ0v) is 16.8. The fraction of sp³-hybridized carbons (Fsp3) is 0.368. The van der Waals surface area contributed by atoms with E-state index < -0.39 is 0 Å². The first kappa shape index (κ1) is 18.0. The fourth-order valence-electron chi connectivity index (χ4n) is 3.28. The molecule has 0 unspecified atom stereocenters. The first-order valence-electron chi connectivity index (χ1n) is 8.58. The summed E-state index contributed by atoms with van der Waals surface area (Å²) in [7, 11) is 1.65. The zero-order valence-electron chi connectivity index (χ0n) is 14.5. The number of fused-ring (bicyclic) bond motifs is 3. The van der Waals surface area contributed by atoms with Crippen LogP contribution in [-0.2, 0) is 29.9 Å². The van der Waals surface area contributed by atoms with E-state index >= 15 is 0 Å². The minimum Gasteiger partial charge on any atom is -0.383 e. The van der Waals surface area contributed by atoms with Crippen molar-refractivity contribution in [3.05, 3.63) is 55.6 Å². The Balaban J connectivity index is 1.72. The van der Waals surface area contributed by atoms with Gasteiger partial charge >= 0.3 is 0 Å². The molecule has 0 saturated carbocycles. The SMILES string of the molecule is COCCn1c(SCc2ccc(Cl)cc2)nc2sc3c(c2c1=O)CCC3. The maximum Gasteiger partial charge on any atom is 0.263 e. The van der Waals surface area contributed by atoms with Gasteiger partial charge in [-0.2, -0.15) is 0 Å². The molecule has 0 bridgehead atoms. The average Bonchev–Trinajstić information content (AvgIpc) is 3.21. The molecule has 0 radical (unpaired) electrons. The van der Waals surface area contributed by atoms with Crippen molar-refractivity contribution in [3.63, 3.8) is 0 Å². The molecular formula is C19H19ClN2O2S2. The average molecular weight is 407 g/mol. The van der Waals surface area contributed by atoms with Crippen LogP contribution in [0.25, 0.3) is 10.2 Å². The van der Waals surface area contributed by atoms with E-state index in [0.717, 1.165) is 51.0 Å². The van der Waals surface area contributed by atoms with Gasteiger partial charge in [-0.15, -0.1) is 11.3 Å². The van der Waals surface area contributed by atoms with E-state index in [1.165, 1.54) is 10.4 Å². The summed E-state index contributed by atoms with van der Waals surface area (Å²) < 4.78 is 6.98. The summed E-state index contributed by atoms with van der Waals surface area (Å²) in [6.45, 7) is 1.01. The minimum absolute atomic E-state index is 0.0741. The molecule has 136 valence electrons. The van der Waals surface area contributed by atoms with Gasteiger partial charge < -0.3 is 4.74 Å². The Morgan fingerprint density at radius 3 is 2.88 bits per heavy atom. The van der Waals surface area contributed by atoms with Crippen molar-refractivity contribution in [2.24, 2.45) is 0 Å². The van der Waals surface area contributed by atoms with Crippen LogP contribution in [0.2, 0.25) is 5.02 Å². The molecular weight excluding hydrogens is 388 g/mol. The Kier molecular flexibility index (Phi) is 5.36. The van der Waals surface area contributed by atoms with Crippen LogP contribution < -0.4 is 5.56 Å². The van der Waals surface area contributed by atoms with Crippen molar-refractivity contribution < 1.29 is 4.74 Å². The van der Waals surface area contributed by atoms with Crippen LogP contribution in [0.3, 0.4) is 0 Å². The largest absolute Gasteiger partial charge is 0.383 e. The number of nitrogens with zero attached hydrogens (tertiary/aromatic N) is 2. The molecule has 2 aromatic heterocycles. The predicted molar refractivity (Wildman–Crippen MR) is 109 cm³/mol. The molecule has 4 rings (SSSR count). The number of benzene rings is 1. The number of ether oxygens (including phenoxy) is 1. The van der Waals surface area contributed by atoms with Crippen molar-refractivity contribution in [1.82, 2.24) is 9.55 Å². The second kappa shape index (κ2) is 7.72. The number of thioether (sulfide) groups is 1. The number of hydrogen-bond donors (Lipinski definition) is 0. The Hall–Kier alpha value is -1.34. The topological polar surface area (TPSA) is 44.1 Å². The quantitative estimate of drug-likeness (QED) is 0.445. The lowest BCUT2D eigenvalue weighted by atomic mass is 10.2. The van der Waals surface area contributed by atoms with Crippen LogP contribution in [0.5, 0.6) is 0 Å². The smallest absolute Gasteiger partial charge is 0.263 e. The van der Waals surface area contributed by atoms with Gasteiger partial charge in [-0.25, -0.2) is 4.98 Å². The van der Waals surface area contributed by atoms with Crippen molar-refractivity contribution in [2.45, 2.75) is 36.7 Å². The third-order valence-electron chi connectivity index (χ3n) is 4.59. The molecule has 1 aromatic carbocycles. The molecule has 0 saturated heterocycles. The van der Waals surface area contributed by atoms with Crippen LogP contribution in [0, 0.1) is 0 Å². The van der Waals surface area contributed by atoms with E-state index in [1.54, 1.807) is 34.8 Å². The molecule has 26 heavy (non-hydrogen) atoms. The summed E-state index contributed by atoms with van der Waals surface area (Å²) in [6, 6.07) is 7.78. The highest BCUT2D eigenvalue weighted by atomic mass is 35.5. The third-order valence-corrected chi connectivity index (χ3v) is 7.08. The summed E-state index contributed by atoms with van der Waals surface area (Å²) in [4.78, 5) is 20.2. The number of hydrogen-bond acceptors (Lipinski definition) is 5. The molecule has 0 aliphatic heterocycles. The number of aryl methyl sites for hydroxylation is 2. The summed E-state index contributed by atoms with van der Waals surface area (Å²) >= 11 is 9.23. The molecule has 0 fully saturated rings. The zero-order chi connectivity index (χ0) is 18.1. The Morgan fingerprint density at radius 1 is 1.31 bits per heavy atom. The summed E-state index contributed by atoms with van der Waals surface area (Å²) in [5, 5.41) is 2.31. The van der Waals surface area contributed by atoms with Gasteiger partial charge in [0.25, 0.3) is 5.56 Å². The lowest BCUT2D eigenvalue weighted by Crippen LogP contribution is -2.25. The monoisotopic (exact) mass is 406 g/mol. The van der Waals surface area contributed by atoms with Crippen LogP contribution in [-0.4, -0.2) is 23.3 Å². The molecule has 1 aliphatic carbocycles. The van der Waals surface area contributed by atoms with Gasteiger partial charge in [0, 0.05) is 22.8 Å². The van der Waals surface area contributed by atoms with Gasteiger partial charge in [0.05, 0.1) is 18.5 Å². The van der Waals surface area contributed by atoms with Crippen LogP contribution in [0.4, 0.5) is 0 Å². The van der Waals surface area contributed by atoms with E-state index in [4.69, 9.17) is 21.3 Å². The molecule has 0 spiro atoms. The van der Waals surface area contributed by atoms with E-state index in [0.29, 0.717) is 13.2 Å². The molecule has 2 heterocycles. The van der Waals surface area contributed by atoms with Crippen molar-refractivity contribution in [3.8, 4) is 0 Å². The fourth-order valence-corrected chi connectivity index (χ4v) is 5.69. The van der Waals surface area contributed by atoms with Crippen molar-refractivity contribution in [2.75, 3.05) is 13.7 Å². The molecule has 1 aliphatic rings. The first-order valence-corrected chi connectivity index (χ1v) is 10.8. The van der Waals surface area contributed by atoms with Gasteiger partial charge in [-0.3, -0.25) is 9.36 Å². The number of rotatable bonds is 6. The van der Waals surface area contributed by atoms with E-state index in [9.17, 15) is 4.79 Å². The Bertz CT molecular complexity index is 995. The molecule has 0 amide bonds. The molecule has 0 atom stereocenters. The lowest BCUT2D eigenvalue weighted by Gasteiger charge is -2.12. The highest BCUT2D eigenvalue weighted by molar-refractivity contribution is 7.98. The van der Waals surface area contributed by atoms with Gasteiger partial charge in [-0.1, -0.05) is 35.5 Å². The van der Waals surface area contributed by atoms with Gasteiger partial charge in [0.15, 0.2) is 5.16 Å². The lowest BCUT2D eigenvalue weighted by molar-refractivity contribution is 0.183. The molecule has 7 heteroatoms. The summed E-state index contributed by atoms with van der Waals surface area (Å²) in [5.74, 6) is 0.743. The van der Waals surface area contributed by atoms with Gasteiger partial charge in [-0.05, 0) is 42.5 Å².